The van der Waals surface area contributed by atoms with Gasteiger partial charge in [-0.25, -0.2) is 13.2 Å². The van der Waals surface area contributed by atoms with Gasteiger partial charge in [0.15, 0.2) is 5.82 Å². The van der Waals surface area contributed by atoms with Crippen LogP contribution >= 0.6 is 0 Å². The van der Waals surface area contributed by atoms with E-state index in [0.29, 0.717) is 0 Å². The Morgan fingerprint density at radius 2 is 2.11 bits per heavy atom. The number of anilines is 1. The predicted octanol–water partition coefficient (Wildman–Crippen LogP) is 3.65. The summed E-state index contributed by atoms with van der Waals surface area (Å²) < 4.78 is 38.0. The number of rotatable bonds is 3. The highest BCUT2D eigenvalue weighted by Gasteiger charge is 2.35. The average molecular weight is 253 g/mol. The van der Waals surface area contributed by atoms with Crippen LogP contribution in [0.4, 0.5) is 18.9 Å². The highest BCUT2D eigenvalue weighted by molar-refractivity contribution is 5.52. The van der Waals surface area contributed by atoms with Crippen LogP contribution in [0.5, 0.6) is 0 Å². The minimum absolute atomic E-state index is 0.0127. The Bertz CT molecular complexity index is 495. The summed E-state index contributed by atoms with van der Waals surface area (Å²) in [5, 5.41) is 2.37. The summed E-state index contributed by atoms with van der Waals surface area (Å²) in [5.74, 6) is 5.25. The largest absolute Gasteiger partial charge is 0.377 e. The fourth-order valence-corrected chi connectivity index (χ4v) is 1.48. The molecule has 0 radical (unpaired) electrons. The van der Waals surface area contributed by atoms with Crippen molar-refractivity contribution in [2.45, 2.75) is 26.2 Å². The first-order valence-corrected chi connectivity index (χ1v) is 5.84. The van der Waals surface area contributed by atoms with E-state index in [2.05, 4.69) is 17.2 Å². The minimum atomic E-state index is -2.51. The Morgan fingerprint density at radius 1 is 1.39 bits per heavy atom. The van der Waals surface area contributed by atoms with E-state index in [9.17, 15) is 13.2 Å². The van der Waals surface area contributed by atoms with Crippen LogP contribution in [0.15, 0.2) is 18.2 Å². The topological polar surface area (TPSA) is 12.0 Å². The van der Waals surface area contributed by atoms with Crippen molar-refractivity contribution in [3.8, 4) is 11.8 Å². The van der Waals surface area contributed by atoms with Crippen molar-refractivity contribution in [3.05, 3.63) is 29.6 Å². The maximum absolute atomic E-state index is 13.9. The van der Waals surface area contributed by atoms with E-state index in [1.807, 2.05) is 6.92 Å². The first-order valence-electron chi connectivity index (χ1n) is 5.84. The normalized spacial score (nSPS) is 16.1. The summed E-state index contributed by atoms with van der Waals surface area (Å²) in [7, 11) is 0. The Balaban J connectivity index is 2.15. The van der Waals surface area contributed by atoms with Crippen LogP contribution in [0, 0.1) is 23.1 Å². The van der Waals surface area contributed by atoms with Crippen LogP contribution in [0.3, 0.4) is 0 Å². The fraction of sp³-hybridized carbons (Fsp3) is 0.429. The van der Waals surface area contributed by atoms with Crippen LogP contribution < -0.4 is 5.32 Å². The van der Waals surface area contributed by atoms with Crippen molar-refractivity contribution in [2.24, 2.45) is 5.41 Å². The van der Waals surface area contributed by atoms with Gasteiger partial charge >= 0.3 is 0 Å². The number of nitrogens with one attached hydrogen (secondary N) is 1. The number of hydrogen-bond donors (Lipinski definition) is 1. The Kier molecular flexibility index (Phi) is 3.51. The van der Waals surface area contributed by atoms with Gasteiger partial charge in [0.2, 0.25) is 0 Å². The zero-order valence-electron chi connectivity index (χ0n) is 10.1. The van der Waals surface area contributed by atoms with E-state index in [1.165, 1.54) is 6.07 Å². The molecular formula is C14H14F3N. The third kappa shape index (κ3) is 3.19. The standard InChI is InChI=1S/C14H14F3N/c1-14(7-8-14)6-5-10-3-2-4-11(13(10)17)18-9-12(15)16/h2-4,12,18H,7-9H2,1H3. The first kappa shape index (κ1) is 12.8. The van der Waals surface area contributed by atoms with Gasteiger partial charge in [-0.15, -0.1) is 0 Å². The lowest BCUT2D eigenvalue weighted by Gasteiger charge is -2.07. The van der Waals surface area contributed by atoms with Crippen molar-refractivity contribution in [1.82, 2.24) is 0 Å². The second kappa shape index (κ2) is 4.93. The van der Waals surface area contributed by atoms with E-state index in [1.54, 1.807) is 12.1 Å². The lowest BCUT2D eigenvalue weighted by atomic mass is 10.1. The van der Waals surface area contributed by atoms with Crippen molar-refractivity contribution in [2.75, 3.05) is 11.9 Å². The van der Waals surface area contributed by atoms with Gasteiger partial charge in [-0.3, -0.25) is 0 Å². The molecule has 1 aliphatic rings. The highest BCUT2D eigenvalue weighted by atomic mass is 19.3. The monoisotopic (exact) mass is 253 g/mol. The van der Waals surface area contributed by atoms with Gasteiger partial charge in [-0.1, -0.05) is 17.9 Å². The van der Waals surface area contributed by atoms with Crippen LogP contribution in [0.1, 0.15) is 25.3 Å². The molecule has 2 rings (SSSR count). The Hall–Kier alpha value is -1.63. The maximum Gasteiger partial charge on any atom is 0.255 e. The molecule has 0 atom stereocenters. The van der Waals surface area contributed by atoms with Gasteiger partial charge in [-0.05, 0) is 31.9 Å². The van der Waals surface area contributed by atoms with Gasteiger partial charge in [0.1, 0.15) is 0 Å². The molecule has 1 aliphatic carbocycles. The molecule has 1 nitrogen and oxygen atoms in total. The molecule has 0 saturated heterocycles. The molecule has 0 spiro atoms. The molecule has 1 N–H and O–H groups in total. The number of benzene rings is 1. The second-order valence-electron chi connectivity index (χ2n) is 4.75. The lowest BCUT2D eigenvalue weighted by molar-refractivity contribution is 0.163. The van der Waals surface area contributed by atoms with Crippen LogP contribution in [-0.2, 0) is 0 Å². The third-order valence-corrected chi connectivity index (χ3v) is 2.94. The van der Waals surface area contributed by atoms with E-state index < -0.39 is 18.8 Å². The molecule has 1 saturated carbocycles. The van der Waals surface area contributed by atoms with Crippen LogP contribution in [0.2, 0.25) is 0 Å². The smallest absolute Gasteiger partial charge is 0.255 e. The zero-order chi connectivity index (χ0) is 13.2. The average Bonchev–Trinajstić information content (AvgIpc) is 3.05. The molecule has 0 unspecified atom stereocenters. The number of halogens is 3. The van der Waals surface area contributed by atoms with Gasteiger partial charge in [0.05, 0.1) is 17.8 Å². The van der Waals surface area contributed by atoms with Crippen molar-refractivity contribution < 1.29 is 13.2 Å². The molecule has 1 aromatic carbocycles. The summed E-state index contributed by atoms with van der Waals surface area (Å²) in [6.07, 6.45) is -0.444. The molecule has 1 fully saturated rings. The summed E-state index contributed by atoms with van der Waals surface area (Å²) in [6, 6.07) is 4.60. The molecule has 0 amide bonds. The van der Waals surface area contributed by atoms with E-state index in [-0.39, 0.29) is 16.7 Å². The number of alkyl halides is 2. The molecular weight excluding hydrogens is 239 g/mol. The second-order valence-corrected chi connectivity index (χ2v) is 4.75. The summed E-state index contributed by atoms with van der Waals surface area (Å²) in [6.45, 7) is 1.46. The molecule has 0 aromatic heterocycles. The summed E-state index contributed by atoms with van der Waals surface area (Å²) in [4.78, 5) is 0. The van der Waals surface area contributed by atoms with E-state index in [4.69, 9.17) is 0 Å². The molecule has 1 aromatic rings. The molecule has 96 valence electrons. The molecule has 4 heteroatoms. The van der Waals surface area contributed by atoms with Crippen molar-refractivity contribution in [1.29, 1.82) is 0 Å². The minimum Gasteiger partial charge on any atom is -0.377 e. The first-order chi connectivity index (χ1) is 8.50. The van der Waals surface area contributed by atoms with E-state index >= 15 is 0 Å². The summed E-state index contributed by atoms with van der Waals surface area (Å²) in [5.41, 5.74) is 0.337. The highest BCUT2D eigenvalue weighted by Crippen LogP contribution is 2.44. The van der Waals surface area contributed by atoms with E-state index in [0.717, 1.165) is 12.8 Å². The molecule has 18 heavy (non-hydrogen) atoms. The fourth-order valence-electron chi connectivity index (χ4n) is 1.48. The van der Waals surface area contributed by atoms with Gasteiger partial charge in [-0.2, -0.15) is 0 Å². The van der Waals surface area contributed by atoms with Gasteiger partial charge in [0, 0.05) is 5.41 Å². The maximum atomic E-state index is 13.9. The van der Waals surface area contributed by atoms with Gasteiger partial charge < -0.3 is 5.32 Å². The summed E-state index contributed by atoms with van der Waals surface area (Å²) >= 11 is 0. The van der Waals surface area contributed by atoms with Crippen LogP contribution in [-0.4, -0.2) is 13.0 Å². The van der Waals surface area contributed by atoms with Crippen molar-refractivity contribution >= 4 is 5.69 Å². The zero-order valence-corrected chi connectivity index (χ0v) is 10.1. The van der Waals surface area contributed by atoms with Gasteiger partial charge in [0.25, 0.3) is 6.43 Å². The molecule has 0 heterocycles. The predicted molar refractivity (Wildman–Crippen MR) is 65.1 cm³/mol. The number of hydrogen-bond acceptors (Lipinski definition) is 1. The third-order valence-electron chi connectivity index (χ3n) is 2.94. The molecule has 0 aliphatic heterocycles. The van der Waals surface area contributed by atoms with Crippen molar-refractivity contribution in [3.63, 3.8) is 0 Å². The molecule has 0 bridgehead atoms. The lowest BCUT2D eigenvalue weighted by Crippen LogP contribution is -2.11. The Morgan fingerprint density at radius 3 is 2.72 bits per heavy atom. The quantitative estimate of drug-likeness (QED) is 0.811. The Labute approximate surface area is 104 Å². The van der Waals surface area contributed by atoms with Crippen LogP contribution in [0.25, 0.3) is 0 Å². The SMILES string of the molecule is CC1(C#Cc2cccc(NCC(F)F)c2F)CC1.